The third kappa shape index (κ3) is 7.61. The Kier molecular flexibility index (Phi) is 9.64. The second kappa shape index (κ2) is 12.5. The Morgan fingerprint density at radius 3 is 2.24 bits per heavy atom. The topological polar surface area (TPSA) is 111 Å². The number of hydrogen-bond acceptors (Lipinski definition) is 6. The smallest absolute Gasteiger partial charge is 0.406 e. The second-order valence-electron chi connectivity index (χ2n) is 13.1. The summed E-state index contributed by atoms with van der Waals surface area (Å²) in [5.74, 6) is -1.59. The Bertz CT molecular complexity index is 1600. The number of piperidine rings is 1. The van der Waals surface area contributed by atoms with Crippen molar-refractivity contribution in [2.24, 2.45) is 18.4 Å². The van der Waals surface area contributed by atoms with Crippen LogP contribution in [0, 0.1) is 11.3 Å². The van der Waals surface area contributed by atoms with Gasteiger partial charge in [-0.2, -0.15) is 13.2 Å². The van der Waals surface area contributed by atoms with E-state index >= 15 is 0 Å². The maximum Gasteiger partial charge on any atom is 0.406 e. The molecule has 246 valence electrons. The number of anilines is 3. The Hall–Kier alpha value is -3.22. The summed E-state index contributed by atoms with van der Waals surface area (Å²) in [5, 5.41) is 23.1. The number of aromatic carboxylic acids is 1. The summed E-state index contributed by atoms with van der Waals surface area (Å²) in [6, 6.07) is 5.91. The molecule has 9 nitrogen and oxygen atoms in total. The van der Waals surface area contributed by atoms with E-state index in [0.29, 0.717) is 42.7 Å². The van der Waals surface area contributed by atoms with Gasteiger partial charge < -0.3 is 25.0 Å². The summed E-state index contributed by atoms with van der Waals surface area (Å²) >= 11 is 13.2. The van der Waals surface area contributed by atoms with Gasteiger partial charge in [0.15, 0.2) is 0 Å². The fourth-order valence-electron chi connectivity index (χ4n) is 5.55. The third-order valence-corrected chi connectivity index (χ3v) is 8.88. The number of alkyl halides is 3. The van der Waals surface area contributed by atoms with Crippen LogP contribution in [0.25, 0.3) is 11.0 Å². The van der Waals surface area contributed by atoms with E-state index in [1.165, 1.54) is 29.8 Å². The van der Waals surface area contributed by atoms with E-state index in [0.717, 1.165) is 4.90 Å². The SMILES string of the molecule is Cn1c(N(CC(F)(F)F)c2c(Cl)ccc(CNC(=O)C(C)(C)C)c2Cl)nc2cc(C(=O)O)c(N3CCC(C(C)(C)O)CC3)cc21. The summed E-state index contributed by atoms with van der Waals surface area (Å²) in [6.07, 6.45) is -3.43. The molecule has 1 amide bonds. The molecule has 45 heavy (non-hydrogen) atoms. The van der Waals surface area contributed by atoms with Gasteiger partial charge in [0.25, 0.3) is 0 Å². The van der Waals surface area contributed by atoms with Crippen LogP contribution in [0.15, 0.2) is 24.3 Å². The normalized spacial score (nSPS) is 15.1. The molecule has 14 heteroatoms. The number of aliphatic hydroxyl groups is 1. The number of nitrogens with one attached hydrogen (secondary N) is 1. The van der Waals surface area contributed by atoms with Crippen LogP contribution in [0.2, 0.25) is 10.0 Å². The molecule has 0 bridgehead atoms. The number of amides is 1. The Morgan fingerprint density at radius 2 is 1.71 bits per heavy atom. The number of halogens is 5. The van der Waals surface area contributed by atoms with E-state index in [4.69, 9.17) is 23.2 Å². The molecule has 0 saturated carbocycles. The van der Waals surface area contributed by atoms with E-state index < -0.39 is 29.7 Å². The number of imidazole rings is 1. The summed E-state index contributed by atoms with van der Waals surface area (Å²) in [4.78, 5) is 32.0. The van der Waals surface area contributed by atoms with E-state index in [2.05, 4.69) is 10.3 Å². The van der Waals surface area contributed by atoms with Crippen LogP contribution in [0.5, 0.6) is 0 Å². The van der Waals surface area contributed by atoms with Crippen molar-refractivity contribution in [3.05, 3.63) is 45.4 Å². The lowest BCUT2D eigenvalue weighted by Gasteiger charge is -2.39. The third-order valence-electron chi connectivity index (χ3n) is 8.16. The highest BCUT2D eigenvalue weighted by Crippen LogP contribution is 2.43. The number of aryl methyl sites for hydroxylation is 1. The van der Waals surface area contributed by atoms with Gasteiger partial charge in [0.1, 0.15) is 6.54 Å². The molecule has 1 aliphatic heterocycles. The van der Waals surface area contributed by atoms with Gasteiger partial charge in [-0.3, -0.25) is 9.69 Å². The van der Waals surface area contributed by atoms with Crippen LogP contribution in [-0.4, -0.2) is 63.1 Å². The van der Waals surface area contributed by atoms with Gasteiger partial charge in [-0.1, -0.05) is 50.0 Å². The van der Waals surface area contributed by atoms with Gasteiger partial charge in [0.05, 0.1) is 43.6 Å². The first-order valence-corrected chi connectivity index (χ1v) is 15.2. The van der Waals surface area contributed by atoms with Crippen molar-refractivity contribution in [3.8, 4) is 0 Å². The number of nitrogens with zero attached hydrogens (tertiary/aromatic N) is 4. The quantitative estimate of drug-likeness (QED) is 0.238. The molecular weight excluding hydrogens is 634 g/mol. The number of rotatable bonds is 8. The number of carboxylic acid groups (broad SMARTS) is 1. The summed E-state index contributed by atoms with van der Waals surface area (Å²) in [5.41, 5.74) is -0.416. The van der Waals surface area contributed by atoms with E-state index in [1.807, 2.05) is 4.90 Å². The molecule has 2 heterocycles. The van der Waals surface area contributed by atoms with Crippen molar-refractivity contribution in [1.29, 1.82) is 0 Å². The largest absolute Gasteiger partial charge is 0.478 e. The van der Waals surface area contributed by atoms with Crippen LogP contribution >= 0.6 is 23.2 Å². The first-order chi connectivity index (χ1) is 20.7. The Labute approximate surface area is 269 Å². The Balaban J connectivity index is 1.81. The second-order valence-corrected chi connectivity index (χ2v) is 13.8. The van der Waals surface area contributed by atoms with E-state index in [9.17, 15) is 33.0 Å². The molecule has 1 aliphatic rings. The molecular formula is C31H38Cl2F3N5O4. The first kappa shape index (κ1) is 34.6. The van der Waals surface area contributed by atoms with Crippen LogP contribution in [0.3, 0.4) is 0 Å². The number of carbonyl (C=O) groups excluding carboxylic acids is 1. The number of hydrogen-bond donors (Lipinski definition) is 3. The number of carbonyl (C=O) groups is 2. The van der Waals surface area contributed by atoms with E-state index in [-0.39, 0.29) is 51.1 Å². The first-order valence-electron chi connectivity index (χ1n) is 14.5. The molecule has 0 spiro atoms. The molecule has 0 radical (unpaired) electrons. The molecule has 0 atom stereocenters. The summed E-state index contributed by atoms with van der Waals surface area (Å²) in [7, 11) is 1.54. The predicted octanol–water partition coefficient (Wildman–Crippen LogP) is 6.93. The minimum atomic E-state index is -4.70. The highest BCUT2D eigenvalue weighted by molar-refractivity contribution is 6.39. The standard InChI is InChI=1S/C31H38Cl2F3N5O4/c1-29(2,3)27(44)37-15-17-7-8-20(32)25(24(17)33)41(16-31(34,35)36)28-38-21-13-19(26(42)43)22(14-23(21)39(28)6)40-11-9-18(10-12-40)30(4,5)45/h7-8,13-14,18,45H,9-12,15-16H2,1-6H3,(H,37,44)(H,42,43). The number of fused-ring (bicyclic) bond motifs is 1. The van der Waals surface area contributed by atoms with E-state index in [1.54, 1.807) is 40.7 Å². The number of carboxylic acids is 1. The van der Waals surface area contributed by atoms with Crippen LogP contribution in [0.1, 0.15) is 63.4 Å². The molecule has 0 unspecified atom stereocenters. The van der Waals surface area contributed by atoms with Crippen molar-refractivity contribution in [1.82, 2.24) is 14.9 Å². The van der Waals surface area contributed by atoms with Gasteiger partial charge in [-0.15, -0.1) is 0 Å². The molecule has 1 fully saturated rings. The van der Waals surface area contributed by atoms with Crippen molar-refractivity contribution in [2.45, 2.75) is 65.8 Å². The van der Waals surface area contributed by atoms with Gasteiger partial charge in [0, 0.05) is 32.1 Å². The lowest BCUT2D eigenvalue weighted by atomic mass is 9.83. The fourth-order valence-corrected chi connectivity index (χ4v) is 6.19. The zero-order chi connectivity index (χ0) is 33.6. The van der Waals surface area contributed by atoms with Gasteiger partial charge in [0.2, 0.25) is 11.9 Å². The fraction of sp³-hybridized carbons (Fsp3) is 0.516. The maximum atomic E-state index is 14.1. The molecule has 4 rings (SSSR count). The predicted molar refractivity (Wildman–Crippen MR) is 170 cm³/mol. The molecule has 3 N–H and O–H groups in total. The molecule has 1 aromatic heterocycles. The minimum absolute atomic E-state index is 0.0381. The van der Waals surface area contributed by atoms with Crippen molar-refractivity contribution in [3.63, 3.8) is 0 Å². The maximum absolute atomic E-state index is 14.1. The average Bonchev–Trinajstić information content (AvgIpc) is 3.24. The highest BCUT2D eigenvalue weighted by Gasteiger charge is 2.37. The van der Waals surface area contributed by atoms with Crippen LogP contribution in [0.4, 0.5) is 30.5 Å². The van der Waals surface area contributed by atoms with Crippen molar-refractivity contribution < 1.29 is 33.0 Å². The number of benzene rings is 2. The molecule has 0 aliphatic carbocycles. The van der Waals surface area contributed by atoms with Gasteiger partial charge >= 0.3 is 12.1 Å². The highest BCUT2D eigenvalue weighted by atomic mass is 35.5. The van der Waals surface area contributed by atoms with Crippen LogP contribution in [-0.2, 0) is 18.4 Å². The van der Waals surface area contributed by atoms with Crippen molar-refractivity contribution in [2.75, 3.05) is 29.4 Å². The minimum Gasteiger partial charge on any atom is -0.478 e. The lowest BCUT2D eigenvalue weighted by Crippen LogP contribution is -2.42. The van der Waals surface area contributed by atoms with Crippen molar-refractivity contribution >= 4 is 63.4 Å². The zero-order valence-corrected chi connectivity index (χ0v) is 27.5. The van der Waals surface area contributed by atoms with Gasteiger partial charge in [-0.25, -0.2) is 9.78 Å². The zero-order valence-electron chi connectivity index (χ0n) is 26.0. The molecule has 3 aromatic rings. The number of aromatic nitrogens is 2. The van der Waals surface area contributed by atoms with Crippen LogP contribution < -0.4 is 15.1 Å². The van der Waals surface area contributed by atoms with Gasteiger partial charge in [-0.05, 0) is 56.4 Å². The summed E-state index contributed by atoms with van der Waals surface area (Å²) in [6.45, 7) is 8.14. The Morgan fingerprint density at radius 1 is 1.09 bits per heavy atom. The monoisotopic (exact) mass is 671 g/mol. The lowest BCUT2D eigenvalue weighted by molar-refractivity contribution is -0.128. The average molecular weight is 673 g/mol. The summed E-state index contributed by atoms with van der Waals surface area (Å²) < 4.78 is 43.7. The molecule has 2 aromatic carbocycles. The molecule has 1 saturated heterocycles.